The lowest BCUT2D eigenvalue weighted by atomic mass is 10.0. The summed E-state index contributed by atoms with van der Waals surface area (Å²) in [5, 5.41) is 23.6. The first-order chi connectivity index (χ1) is 20.7. The second-order valence-electron chi connectivity index (χ2n) is 10.4. The third kappa shape index (κ3) is 3.52. The van der Waals surface area contributed by atoms with Crippen molar-refractivity contribution < 1.29 is 0 Å². The number of rotatable bonds is 3. The molecule has 0 radical (unpaired) electrons. The Bertz CT molecular complexity index is 2390. The average Bonchev–Trinajstić information content (AvgIpc) is 3.57. The molecule has 0 spiro atoms. The van der Waals surface area contributed by atoms with Crippen LogP contribution < -0.4 is 0 Å². The minimum Gasteiger partial charge on any atom is -0.309 e. The van der Waals surface area contributed by atoms with Crippen LogP contribution in [0.4, 0.5) is 0 Å². The predicted molar refractivity (Wildman–Crippen MR) is 168 cm³/mol. The molecule has 0 aliphatic rings. The Kier molecular flexibility index (Phi) is 5.19. The molecule has 8 aromatic rings. The van der Waals surface area contributed by atoms with E-state index in [1.807, 2.05) is 66.9 Å². The van der Waals surface area contributed by atoms with E-state index in [0.29, 0.717) is 11.1 Å². The van der Waals surface area contributed by atoms with Crippen LogP contribution in [-0.4, -0.2) is 14.1 Å². The monoisotopic (exact) mass is 535 g/mol. The lowest BCUT2D eigenvalue weighted by Gasteiger charge is -2.15. The molecule has 194 valence electrons. The van der Waals surface area contributed by atoms with Crippen molar-refractivity contribution in [1.82, 2.24) is 14.1 Å². The summed E-state index contributed by atoms with van der Waals surface area (Å²) in [5.41, 5.74) is 9.15. The Labute approximate surface area is 241 Å². The van der Waals surface area contributed by atoms with Gasteiger partial charge < -0.3 is 4.57 Å². The molecule has 0 bridgehead atoms. The Morgan fingerprint density at radius 3 is 1.90 bits per heavy atom. The lowest BCUT2D eigenvalue weighted by Crippen LogP contribution is -2.01. The van der Waals surface area contributed by atoms with Crippen LogP contribution in [0, 0.1) is 22.7 Å². The van der Waals surface area contributed by atoms with Crippen molar-refractivity contribution in [2.45, 2.75) is 0 Å². The number of pyridine rings is 1. The topological polar surface area (TPSA) is 70.3 Å². The van der Waals surface area contributed by atoms with Gasteiger partial charge in [-0.2, -0.15) is 10.5 Å². The Morgan fingerprint density at radius 2 is 1.12 bits per heavy atom. The highest BCUT2D eigenvalue weighted by atomic mass is 15.1. The molecule has 0 unspecified atom stereocenters. The summed E-state index contributed by atoms with van der Waals surface area (Å²) in [6.45, 7) is 0. The molecule has 0 aliphatic carbocycles. The summed E-state index contributed by atoms with van der Waals surface area (Å²) in [5.74, 6) is 0. The Morgan fingerprint density at radius 1 is 0.476 bits per heavy atom. The zero-order chi connectivity index (χ0) is 28.2. The second-order valence-corrected chi connectivity index (χ2v) is 10.4. The normalized spacial score (nSPS) is 11.3. The second kappa shape index (κ2) is 9.20. The number of hydrogen-bond donors (Lipinski definition) is 0. The average molecular weight is 536 g/mol. The number of para-hydroxylation sites is 2. The van der Waals surface area contributed by atoms with Gasteiger partial charge in [-0.05, 0) is 83.9 Å². The Balaban J connectivity index is 1.50. The van der Waals surface area contributed by atoms with Crippen LogP contribution in [0.2, 0.25) is 0 Å². The molecule has 8 rings (SSSR count). The summed E-state index contributed by atoms with van der Waals surface area (Å²) in [7, 11) is 0. The van der Waals surface area contributed by atoms with Gasteiger partial charge in [0.2, 0.25) is 0 Å². The number of aromatic nitrogens is 3. The molecular formula is C37H21N5. The fourth-order valence-corrected chi connectivity index (χ4v) is 6.17. The van der Waals surface area contributed by atoms with Crippen molar-refractivity contribution in [2.24, 2.45) is 0 Å². The highest BCUT2D eigenvalue weighted by molar-refractivity contribution is 6.10. The van der Waals surface area contributed by atoms with E-state index in [-0.39, 0.29) is 0 Å². The van der Waals surface area contributed by atoms with Crippen molar-refractivity contribution in [2.75, 3.05) is 0 Å². The fourth-order valence-electron chi connectivity index (χ4n) is 6.17. The van der Waals surface area contributed by atoms with E-state index >= 15 is 0 Å². The first-order valence-electron chi connectivity index (χ1n) is 13.7. The van der Waals surface area contributed by atoms with Crippen LogP contribution in [0.3, 0.4) is 0 Å². The maximum absolute atomic E-state index is 9.65. The molecule has 3 heterocycles. The van der Waals surface area contributed by atoms with Crippen LogP contribution >= 0.6 is 0 Å². The molecular weight excluding hydrogens is 514 g/mol. The van der Waals surface area contributed by atoms with E-state index in [4.69, 9.17) is 4.98 Å². The van der Waals surface area contributed by atoms with E-state index in [1.54, 1.807) is 0 Å². The van der Waals surface area contributed by atoms with Gasteiger partial charge in [0.1, 0.15) is 5.65 Å². The van der Waals surface area contributed by atoms with E-state index in [2.05, 4.69) is 81.9 Å². The van der Waals surface area contributed by atoms with Crippen molar-refractivity contribution in [3.63, 3.8) is 0 Å². The number of nitrogens with zero attached hydrogens (tertiary/aromatic N) is 5. The maximum Gasteiger partial charge on any atom is 0.145 e. The Hall–Kier alpha value is -6.17. The van der Waals surface area contributed by atoms with Crippen LogP contribution in [0.15, 0.2) is 128 Å². The van der Waals surface area contributed by atoms with Crippen LogP contribution in [0.1, 0.15) is 11.1 Å². The van der Waals surface area contributed by atoms with Gasteiger partial charge in [-0.15, -0.1) is 0 Å². The molecule has 5 aromatic carbocycles. The number of nitriles is 2. The standard InChI is InChI=1S/C37H21N5/c38-22-24-7-5-8-26(17-24)27-19-28(41-34-12-3-2-10-31(34)33-18-25(23-39)14-15-36(33)41)21-29(20-27)42-35-13-4-1-9-30(35)32-11-6-16-40-37(32)42/h1-21H. The highest BCUT2D eigenvalue weighted by Gasteiger charge is 2.18. The fraction of sp³-hybridized carbons (Fsp3) is 0. The molecule has 0 fully saturated rings. The van der Waals surface area contributed by atoms with Crippen LogP contribution in [-0.2, 0) is 0 Å². The van der Waals surface area contributed by atoms with Crippen LogP contribution in [0.25, 0.3) is 66.2 Å². The third-order valence-corrected chi connectivity index (χ3v) is 7.98. The third-order valence-electron chi connectivity index (χ3n) is 7.98. The quantitative estimate of drug-likeness (QED) is 0.227. The minimum absolute atomic E-state index is 0.610. The van der Waals surface area contributed by atoms with Gasteiger partial charge in [0.05, 0.1) is 45.5 Å². The largest absolute Gasteiger partial charge is 0.309 e. The molecule has 0 N–H and O–H groups in total. The van der Waals surface area contributed by atoms with Gasteiger partial charge >= 0.3 is 0 Å². The van der Waals surface area contributed by atoms with Crippen molar-refractivity contribution in [3.05, 3.63) is 139 Å². The first kappa shape index (κ1) is 23.7. The van der Waals surface area contributed by atoms with Gasteiger partial charge in [-0.1, -0.05) is 48.5 Å². The predicted octanol–water partition coefficient (Wildman–Crippen LogP) is 8.69. The van der Waals surface area contributed by atoms with Gasteiger partial charge in [-0.25, -0.2) is 4.98 Å². The van der Waals surface area contributed by atoms with Crippen molar-refractivity contribution >= 4 is 43.7 Å². The molecule has 5 nitrogen and oxygen atoms in total. The zero-order valence-electron chi connectivity index (χ0n) is 22.4. The number of hydrogen-bond acceptors (Lipinski definition) is 3. The van der Waals surface area contributed by atoms with E-state index in [1.165, 1.54) is 0 Å². The molecule has 0 saturated carbocycles. The minimum atomic E-state index is 0.610. The van der Waals surface area contributed by atoms with Gasteiger partial charge in [0.25, 0.3) is 0 Å². The molecule has 0 amide bonds. The lowest BCUT2D eigenvalue weighted by molar-refractivity contribution is 1.11. The summed E-state index contributed by atoms with van der Waals surface area (Å²) >= 11 is 0. The zero-order valence-corrected chi connectivity index (χ0v) is 22.4. The molecule has 42 heavy (non-hydrogen) atoms. The summed E-state index contributed by atoms with van der Waals surface area (Å²) in [6, 6.07) is 45.4. The van der Waals surface area contributed by atoms with Crippen molar-refractivity contribution in [3.8, 4) is 34.6 Å². The smallest absolute Gasteiger partial charge is 0.145 e. The van der Waals surface area contributed by atoms with E-state index in [9.17, 15) is 10.5 Å². The van der Waals surface area contributed by atoms with Crippen LogP contribution in [0.5, 0.6) is 0 Å². The van der Waals surface area contributed by atoms with Gasteiger partial charge in [0.15, 0.2) is 0 Å². The molecule has 0 aliphatic heterocycles. The first-order valence-corrected chi connectivity index (χ1v) is 13.7. The summed E-state index contributed by atoms with van der Waals surface area (Å²) in [4.78, 5) is 4.82. The van der Waals surface area contributed by atoms with Gasteiger partial charge in [0, 0.05) is 33.4 Å². The van der Waals surface area contributed by atoms with E-state index in [0.717, 1.165) is 66.2 Å². The SMILES string of the molecule is N#Cc1cccc(-c2cc(-n3c4ccccc4c4cc(C#N)ccc43)cc(-n3c4ccccc4c4cccnc43)c2)c1. The van der Waals surface area contributed by atoms with Gasteiger partial charge in [-0.3, -0.25) is 4.57 Å². The van der Waals surface area contributed by atoms with E-state index < -0.39 is 0 Å². The molecule has 0 atom stereocenters. The number of fused-ring (bicyclic) bond motifs is 6. The maximum atomic E-state index is 9.65. The summed E-state index contributed by atoms with van der Waals surface area (Å²) in [6.07, 6.45) is 1.83. The molecule has 5 heteroatoms. The summed E-state index contributed by atoms with van der Waals surface area (Å²) < 4.78 is 4.47. The number of benzene rings is 5. The molecule has 3 aromatic heterocycles. The molecule has 0 saturated heterocycles. The van der Waals surface area contributed by atoms with Crippen molar-refractivity contribution in [1.29, 1.82) is 10.5 Å². The highest BCUT2D eigenvalue weighted by Crippen LogP contribution is 2.37.